The zero-order chi connectivity index (χ0) is 35.6. The minimum Gasteiger partial charge on any atom is -0.309 e. The van der Waals surface area contributed by atoms with E-state index in [1.54, 1.807) is 0 Å². The van der Waals surface area contributed by atoms with Gasteiger partial charge in [-0.2, -0.15) is 9.97 Å². The molecule has 5 heteroatoms. The normalized spacial score (nSPS) is 11.7. The smallest absolute Gasteiger partial charge is 0.238 e. The van der Waals surface area contributed by atoms with E-state index in [1.165, 1.54) is 21.9 Å². The van der Waals surface area contributed by atoms with Crippen molar-refractivity contribution in [3.05, 3.63) is 188 Å². The highest BCUT2D eigenvalue weighted by Gasteiger charge is 2.20. The molecule has 11 aromatic rings. The van der Waals surface area contributed by atoms with Gasteiger partial charge in [0, 0.05) is 38.4 Å². The lowest BCUT2D eigenvalue weighted by molar-refractivity contribution is 0.954. The van der Waals surface area contributed by atoms with E-state index in [1.807, 2.05) is 0 Å². The Morgan fingerprint density at radius 1 is 0.296 bits per heavy atom. The predicted octanol–water partition coefficient (Wildman–Crippen LogP) is 12.2. The quantitative estimate of drug-likeness (QED) is 0.181. The Morgan fingerprint density at radius 2 is 0.796 bits per heavy atom. The maximum Gasteiger partial charge on any atom is 0.238 e. The van der Waals surface area contributed by atoms with Crippen molar-refractivity contribution in [1.29, 1.82) is 0 Å². The summed E-state index contributed by atoms with van der Waals surface area (Å²) in [5.41, 5.74) is 9.71. The minimum atomic E-state index is 0.577. The molecule has 0 aliphatic heterocycles. The van der Waals surface area contributed by atoms with Crippen LogP contribution in [0.3, 0.4) is 0 Å². The van der Waals surface area contributed by atoms with Crippen molar-refractivity contribution in [2.24, 2.45) is 0 Å². The molecular weight excluding hydrogens is 659 g/mol. The van der Waals surface area contributed by atoms with Gasteiger partial charge in [-0.3, -0.25) is 4.57 Å². The average molecular weight is 690 g/mol. The van der Waals surface area contributed by atoms with Crippen LogP contribution in [0.1, 0.15) is 0 Å². The highest BCUT2D eigenvalue weighted by Crippen LogP contribution is 2.37. The number of nitrogens with zero attached hydrogens (tertiary/aromatic N) is 5. The van der Waals surface area contributed by atoms with E-state index < -0.39 is 0 Å². The molecule has 252 valence electrons. The summed E-state index contributed by atoms with van der Waals surface area (Å²) in [4.78, 5) is 15.8. The molecule has 0 N–H and O–H groups in total. The van der Waals surface area contributed by atoms with Gasteiger partial charge in [-0.05, 0) is 82.6 Å². The molecule has 3 heterocycles. The van der Waals surface area contributed by atoms with Crippen molar-refractivity contribution >= 4 is 54.4 Å². The van der Waals surface area contributed by atoms with Crippen LogP contribution in [0.5, 0.6) is 0 Å². The fraction of sp³-hybridized carbons (Fsp3) is 0. The molecule has 11 rings (SSSR count). The third-order valence-electron chi connectivity index (χ3n) is 10.6. The van der Waals surface area contributed by atoms with E-state index in [0.717, 1.165) is 60.4 Å². The summed E-state index contributed by atoms with van der Waals surface area (Å²) in [5, 5.41) is 6.93. The van der Waals surface area contributed by atoms with Gasteiger partial charge in [0.05, 0.1) is 22.1 Å². The summed E-state index contributed by atoms with van der Waals surface area (Å²) in [6.45, 7) is 0. The van der Waals surface area contributed by atoms with E-state index in [4.69, 9.17) is 15.0 Å². The van der Waals surface area contributed by atoms with E-state index in [0.29, 0.717) is 17.6 Å². The van der Waals surface area contributed by atoms with Crippen molar-refractivity contribution in [3.8, 4) is 45.5 Å². The molecule has 0 aliphatic carbocycles. The minimum absolute atomic E-state index is 0.577. The van der Waals surface area contributed by atoms with Gasteiger partial charge in [-0.25, -0.2) is 4.98 Å². The number of aromatic nitrogens is 5. The zero-order valence-electron chi connectivity index (χ0n) is 29.1. The second kappa shape index (κ2) is 12.1. The van der Waals surface area contributed by atoms with Gasteiger partial charge in [-0.1, -0.05) is 127 Å². The van der Waals surface area contributed by atoms with Crippen LogP contribution in [0.25, 0.3) is 99.9 Å². The fourth-order valence-corrected chi connectivity index (χ4v) is 8.02. The van der Waals surface area contributed by atoms with Crippen LogP contribution in [-0.4, -0.2) is 24.1 Å². The summed E-state index contributed by atoms with van der Waals surface area (Å²) in [5.74, 6) is 1.82. The third-order valence-corrected chi connectivity index (χ3v) is 10.6. The van der Waals surface area contributed by atoms with Crippen LogP contribution in [-0.2, 0) is 0 Å². The van der Waals surface area contributed by atoms with Gasteiger partial charge in [0.15, 0.2) is 11.6 Å². The first-order chi connectivity index (χ1) is 26.8. The lowest BCUT2D eigenvalue weighted by atomic mass is 10.0. The van der Waals surface area contributed by atoms with Crippen LogP contribution in [0.15, 0.2) is 188 Å². The summed E-state index contributed by atoms with van der Waals surface area (Å²) >= 11 is 0. The predicted molar refractivity (Wildman–Crippen MR) is 222 cm³/mol. The van der Waals surface area contributed by atoms with Crippen molar-refractivity contribution in [3.63, 3.8) is 0 Å². The Hall–Kier alpha value is -7.37. The number of fused-ring (bicyclic) bond motifs is 7. The van der Waals surface area contributed by atoms with Gasteiger partial charge < -0.3 is 4.57 Å². The van der Waals surface area contributed by atoms with Gasteiger partial charge in [-0.15, -0.1) is 0 Å². The Kier molecular flexibility index (Phi) is 6.79. The second-order valence-electron chi connectivity index (χ2n) is 13.7. The van der Waals surface area contributed by atoms with E-state index in [9.17, 15) is 0 Å². The summed E-state index contributed by atoms with van der Waals surface area (Å²) in [6.07, 6.45) is 0. The molecule has 0 fully saturated rings. The molecule has 0 atom stereocenters. The third kappa shape index (κ3) is 4.83. The Morgan fingerprint density at radius 3 is 1.52 bits per heavy atom. The summed E-state index contributed by atoms with van der Waals surface area (Å²) < 4.78 is 4.52. The van der Waals surface area contributed by atoms with Crippen molar-refractivity contribution < 1.29 is 0 Å². The first kappa shape index (κ1) is 30.3. The Bertz CT molecular complexity index is 3210. The van der Waals surface area contributed by atoms with Gasteiger partial charge in [0.25, 0.3) is 0 Å². The molecule has 3 aromatic heterocycles. The molecule has 0 radical (unpaired) electrons. The van der Waals surface area contributed by atoms with Gasteiger partial charge in [0.1, 0.15) is 0 Å². The topological polar surface area (TPSA) is 48.5 Å². The SMILES string of the molecule is c1ccc(-c2ccc3c(c2)c2ccccc2n3-c2nc(-c3ccc4ccccc4c3)nc(-c3ccc4c(c3)c3ccccc3n4-c3ccccc3)n2)cc1. The zero-order valence-corrected chi connectivity index (χ0v) is 29.1. The summed E-state index contributed by atoms with van der Waals surface area (Å²) in [6, 6.07) is 66.3. The van der Waals surface area contributed by atoms with Gasteiger partial charge >= 0.3 is 0 Å². The number of rotatable bonds is 5. The maximum absolute atomic E-state index is 5.30. The second-order valence-corrected chi connectivity index (χ2v) is 13.7. The molecule has 5 nitrogen and oxygen atoms in total. The molecule has 0 aliphatic rings. The average Bonchev–Trinajstić information content (AvgIpc) is 3.76. The molecule has 0 saturated carbocycles. The lowest BCUT2D eigenvalue weighted by Gasteiger charge is -2.12. The largest absolute Gasteiger partial charge is 0.309 e. The Labute approximate surface area is 311 Å². The molecule has 54 heavy (non-hydrogen) atoms. The molecule has 0 spiro atoms. The molecule has 0 saturated heterocycles. The number of hydrogen-bond acceptors (Lipinski definition) is 3. The lowest BCUT2D eigenvalue weighted by Crippen LogP contribution is -2.06. The molecule has 0 amide bonds. The Balaban J connectivity index is 1.17. The fourth-order valence-electron chi connectivity index (χ4n) is 8.02. The van der Waals surface area contributed by atoms with E-state index in [-0.39, 0.29) is 0 Å². The van der Waals surface area contributed by atoms with Crippen molar-refractivity contribution in [1.82, 2.24) is 24.1 Å². The first-order valence-electron chi connectivity index (χ1n) is 18.2. The number of para-hydroxylation sites is 3. The molecular formula is C49H31N5. The maximum atomic E-state index is 5.30. The van der Waals surface area contributed by atoms with Crippen LogP contribution < -0.4 is 0 Å². The van der Waals surface area contributed by atoms with Crippen molar-refractivity contribution in [2.45, 2.75) is 0 Å². The van der Waals surface area contributed by atoms with Crippen LogP contribution in [0.2, 0.25) is 0 Å². The summed E-state index contributed by atoms with van der Waals surface area (Å²) in [7, 11) is 0. The van der Waals surface area contributed by atoms with Gasteiger partial charge in [0.2, 0.25) is 5.95 Å². The van der Waals surface area contributed by atoms with Crippen LogP contribution in [0, 0.1) is 0 Å². The van der Waals surface area contributed by atoms with Crippen LogP contribution in [0.4, 0.5) is 0 Å². The highest BCUT2D eigenvalue weighted by molar-refractivity contribution is 6.11. The monoisotopic (exact) mass is 689 g/mol. The van der Waals surface area contributed by atoms with Crippen molar-refractivity contribution in [2.75, 3.05) is 0 Å². The van der Waals surface area contributed by atoms with Crippen LogP contribution >= 0.6 is 0 Å². The van der Waals surface area contributed by atoms with E-state index >= 15 is 0 Å². The first-order valence-corrected chi connectivity index (χ1v) is 18.2. The highest BCUT2D eigenvalue weighted by atomic mass is 15.2. The standard InChI is InChI=1S/C49H31N5/c1-3-13-32(14-4-1)35-25-27-46-41(30-35)40-20-10-12-22-44(40)54(46)49-51-47(36-24-23-33-15-7-8-16-34(33)29-36)50-48(52-49)37-26-28-45-42(31-37)39-19-9-11-21-43(39)53(45)38-17-5-2-6-18-38/h1-31H. The number of benzene rings is 8. The number of hydrogen-bond donors (Lipinski definition) is 0. The molecule has 0 unspecified atom stereocenters. The molecule has 8 aromatic carbocycles. The molecule has 0 bridgehead atoms. The van der Waals surface area contributed by atoms with E-state index in [2.05, 4.69) is 197 Å².